The molecule has 4 aliphatic rings. The average molecular weight is 502 g/mol. The van der Waals surface area contributed by atoms with Crippen LogP contribution in [0.3, 0.4) is 0 Å². The van der Waals surface area contributed by atoms with Crippen molar-refractivity contribution in [3.8, 4) is 0 Å². The van der Waals surface area contributed by atoms with E-state index in [1.165, 1.54) is 0 Å². The van der Waals surface area contributed by atoms with Gasteiger partial charge in [-0.25, -0.2) is 0 Å². The average Bonchev–Trinajstić information content (AvgIpc) is 3.15. The lowest BCUT2D eigenvalue weighted by Crippen LogP contribution is -2.40. The molecule has 8 nitrogen and oxygen atoms in total. The van der Waals surface area contributed by atoms with Crippen LogP contribution < -0.4 is 5.32 Å². The van der Waals surface area contributed by atoms with E-state index in [0.717, 1.165) is 68.6 Å². The van der Waals surface area contributed by atoms with Crippen molar-refractivity contribution in [2.45, 2.75) is 77.7 Å². The minimum Gasteiger partial charge on any atom is -0.465 e. The summed E-state index contributed by atoms with van der Waals surface area (Å²) in [7, 11) is 3.57. The summed E-state index contributed by atoms with van der Waals surface area (Å²) in [6.07, 6.45) is 7.16. The van der Waals surface area contributed by atoms with Gasteiger partial charge in [0, 0.05) is 51.1 Å². The maximum atomic E-state index is 13.0. The quantitative estimate of drug-likeness (QED) is 0.540. The Morgan fingerprint density at radius 2 is 1.83 bits per heavy atom. The minimum atomic E-state index is -0.146. The first-order valence-electron chi connectivity index (χ1n) is 13.8. The summed E-state index contributed by atoms with van der Waals surface area (Å²) < 4.78 is 11.4. The third-order valence-electron chi connectivity index (χ3n) is 8.58. The van der Waals surface area contributed by atoms with Gasteiger partial charge < -0.3 is 19.7 Å². The number of aliphatic imine (C=N–C) groups is 1. The molecule has 1 N–H and O–H groups in total. The second-order valence-corrected chi connectivity index (χ2v) is 11.6. The van der Waals surface area contributed by atoms with E-state index in [1.807, 2.05) is 0 Å². The van der Waals surface area contributed by atoms with Gasteiger partial charge in [0.25, 0.3) is 0 Å². The zero-order valence-electron chi connectivity index (χ0n) is 22.4. The van der Waals surface area contributed by atoms with E-state index in [1.54, 1.807) is 19.0 Å². The van der Waals surface area contributed by atoms with Crippen LogP contribution >= 0.6 is 0 Å². The predicted octanol–water partition coefficient (Wildman–Crippen LogP) is 3.30. The van der Waals surface area contributed by atoms with Gasteiger partial charge >= 0.3 is 5.97 Å². The van der Waals surface area contributed by atoms with Gasteiger partial charge in [0.15, 0.2) is 0 Å². The van der Waals surface area contributed by atoms with Gasteiger partial charge in [0.05, 0.1) is 18.6 Å². The normalized spacial score (nSPS) is 28.6. The highest BCUT2D eigenvalue weighted by molar-refractivity contribution is 6.12. The van der Waals surface area contributed by atoms with Crippen LogP contribution in [0, 0.1) is 23.2 Å². The number of ether oxygens (including phenoxy) is 2. The Labute approximate surface area is 215 Å². The van der Waals surface area contributed by atoms with Crippen molar-refractivity contribution in [2.75, 3.05) is 40.5 Å². The van der Waals surface area contributed by atoms with Crippen molar-refractivity contribution >= 4 is 23.5 Å². The number of amides is 2. The first-order valence-corrected chi connectivity index (χ1v) is 13.8. The number of hydrogen-bond acceptors (Lipinski definition) is 6. The smallest absolute Gasteiger partial charge is 0.308 e. The Bertz CT molecular complexity index is 910. The zero-order chi connectivity index (χ0) is 25.9. The fraction of sp³-hybridized carbons (Fsp3) is 0.786. The number of esters is 1. The fourth-order valence-corrected chi connectivity index (χ4v) is 6.28. The molecule has 2 fully saturated rings. The molecule has 2 amide bonds. The predicted molar refractivity (Wildman–Crippen MR) is 138 cm³/mol. The van der Waals surface area contributed by atoms with Crippen molar-refractivity contribution in [1.82, 2.24) is 10.2 Å². The molecule has 1 saturated heterocycles. The summed E-state index contributed by atoms with van der Waals surface area (Å²) >= 11 is 0. The maximum absolute atomic E-state index is 13.0. The topological polar surface area (TPSA) is 97.3 Å². The third kappa shape index (κ3) is 5.84. The van der Waals surface area contributed by atoms with Gasteiger partial charge in [0.2, 0.25) is 11.8 Å². The number of hydrogen-bond donors (Lipinski definition) is 1. The number of nitrogens with zero attached hydrogens (tertiary/aromatic N) is 2. The molecule has 4 rings (SSSR count). The third-order valence-corrected chi connectivity index (χ3v) is 8.58. The van der Waals surface area contributed by atoms with Crippen LogP contribution in [0.15, 0.2) is 16.1 Å². The maximum Gasteiger partial charge on any atom is 0.308 e. The summed E-state index contributed by atoms with van der Waals surface area (Å²) in [6, 6.07) is -0.0835. The van der Waals surface area contributed by atoms with Crippen molar-refractivity contribution < 1.29 is 23.9 Å². The molecule has 1 aliphatic carbocycles. The Morgan fingerprint density at radius 3 is 2.47 bits per heavy atom. The first kappa shape index (κ1) is 26.8. The van der Waals surface area contributed by atoms with Gasteiger partial charge in [-0.1, -0.05) is 13.8 Å². The van der Waals surface area contributed by atoms with Gasteiger partial charge in [-0.15, -0.1) is 0 Å². The second-order valence-electron chi connectivity index (χ2n) is 11.6. The lowest BCUT2D eigenvalue weighted by Gasteiger charge is -2.37. The van der Waals surface area contributed by atoms with Gasteiger partial charge in [-0.05, 0) is 74.7 Å². The van der Waals surface area contributed by atoms with Crippen LogP contribution in [0.5, 0.6) is 0 Å². The molecule has 1 spiro atoms. The Balaban J connectivity index is 1.34. The van der Waals surface area contributed by atoms with E-state index in [0.29, 0.717) is 32.4 Å². The van der Waals surface area contributed by atoms with Crippen LogP contribution in [0.2, 0.25) is 0 Å². The summed E-state index contributed by atoms with van der Waals surface area (Å²) in [4.78, 5) is 44.6. The molecule has 36 heavy (non-hydrogen) atoms. The Kier molecular flexibility index (Phi) is 8.53. The SMILES string of the molecule is CCC1N=C(C[C@@H](C)COC(=O)C2CCC(C(=O)N(C)C)CC2)C2=C1C(=O)NCC1(CCOCC1)C2. The van der Waals surface area contributed by atoms with Crippen LogP contribution in [0.25, 0.3) is 0 Å². The van der Waals surface area contributed by atoms with Gasteiger partial charge in [-0.3, -0.25) is 19.4 Å². The fourth-order valence-electron chi connectivity index (χ4n) is 6.28. The monoisotopic (exact) mass is 501 g/mol. The van der Waals surface area contributed by atoms with E-state index in [4.69, 9.17) is 14.5 Å². The largest absolute Gasteiger partial charge is 0.465 e. The van der Waals surface area contributed by atoms with Crippen LogP contribution in [-0.4, -0.2) is 74.9 Å². The van der Waals surface area contributed by atoms with Crippen molar-refractivity contribution in [3.05, 3.63) is 11.1 Å². The van der Waals surface area contributed by atoms with E-state index in [2.05, 4.69) is 19.2 Å². The molecule has 1 saturated carbocycles. The summed E-state index contributed by atoms with van der Waals surface area (Å²) in [6.45, 7) is 6.68. The van der Waals surface area contributed by atoms with Gasteiger partial charge in [-0.2, -0.15) is 0 Å². The van der Waals surface area contributed by atoms with E-state index < -0.39 is 0 Å². The second kappa shape index (κ2) is 11.4. The summed E-state index contributed by atoms with van der Waals surface area (Å²) in [5.74, 6) is 0.0500. The zero-order valence-corrected chi connectivity index (χ0v) is 22.4. The molecule has 3 heterocycles. The number of allylic oxidation sites excluding steroid dienone is 1. The highest BCUT2D eigenvalue weighted by Gasteiger charge is 2.42. The molecular formula is C28H43N3O5. The molecule has 0 aromatic rings. The summed E-state index contributed by atoms with van der Waals surface area (Å²) in [5, 5.41) is 3.19. The highest BCUT2D eigenvalue weighted by Crippen LogP contribution is 2.43. The Morgan fingerprint density at radius 1 is 1.17 bits per heavy atom. The highest BCUT2D eigenvalue weighted by atomic mass is 16.5. The summed E-state index contributed by atoms with van der Waals surface area (Å²) in [5.41, 5.74) is 3.03. The number of carbonyl (C=O) groups excluding carboxylic acids is 3. The Hall–Kier alpha value is -2.22. The van der Waals surface area contributed by atoms with E-state index >= 15 is 0 Å². The standard InChI is InChI=1S/C28H43N3O5/c1-5-22-24-21(15-28(17-29-25(24)32)10-12-35-13-11-28)23(30-22)14-18(2)16-36-27(34)20-8-6-19(7-9-20)26(33)31(3)4/h18-20,22H,5-17H2,1-4H3,(H,29,32)/t18-,19?,20?,22?/m1/s1. The molecule has 1 unspecified atom stereocenters. The lowest BCUT2D eigenvalue weighted by molar-refractivity contribution is -0.152. The molecule has 2 atom stereocenters. The molecular weight excluding hydrogens is 458 g/mol. The van der Waals surface area contributed by atoms with Crippen molar-refractivity contribution in [2.24, 2.45) is 28.2 Å². The van der Waals surface area contributed by atoms with Crippen molar-refractivity contribution in [3.63, 3.8) is 0 Å². The molecule has 0 aromatic carbocycles. The van der Waals surface area contributed by atoms with Crippen LogP contribution in [0.4, 0.5) is 0 Å². The molecule has 0 radical (unpaired) electrons. The van der Waals surface area contributed by atoms with Crippen molar-refractivity contribution in [1.29, 1.82) is 0 Å². The van der Waals surface area contributed by atoms with Crippen LogP contribution in [-0.2, 0) is 23.9 Å². The van der Waals surface area contributed by atoms with Gasteiger partial charge in [0.1, 0.15) is 0 Å². The lowest BCUT2D eigenvalue weighted by atomic mass is 9.74. The number of rotatable bonds is 7. The molecule has 0 bridgehead atoms. The van der Waals surface area contributed by atoms with E-state index in [9.17, 15) is 14.4 Å². The molecule has 0 aromatic heterocycles. The molecule has 200 valence electrons. The molecule has 3 aliphatic heterocycles. The van der Waals surface area contributed by atoms with E-state index in [-0.39, 0.29) is 47.0 Å². The molecule has 8 heteroatoms. The first-order chi connectivity index (χ1) is 17.2. The van der Waals surface area contributed by atoms with Crippen LogP contribution in [0.1, 0.15) is 71.6 Å². The number of nitrogens with one attached hydrogen (secondary N) is 1. The minimum absolute atomic E-state index is 0.0214. The number of carbonyl (C=O) groups is 3.